The molecule has 1 aromatic heterocycles. The fourth-order valence-corrected chi connectivity index (χ4v) is 3.31. The van der Waals surface area contributed by atoms with E-state index in [9.17, 15) is 13.2 Å². The van der Waals surface area contributed by atoms with Gasteiger partial charge in [0, 0.05) is 11.9 Å². The standard InChI is InChI=1S/C15H19F3N2O/c16-15(17,18)12-1-2-13(20-9-12)7-11-8-14(21-10-11)3-5-19-6-4-14/h1-2,9,11,19H,3-8,10H2/t11-/m0/s1. The van der Waals surface area contributed by atoms with Gasteiger partial charge in [-0.2, -0.15) is 13.2 Å². The molecule has 0 radical (unpaired) electrons. The fourth-order valence-electron chi connectivity index (χ4n) is 3.31. The van der Waals surface area contributed by atoms with E-state index in [1.165, 1.54) is 6.07 Å². The smallest absolute Gasteiger partial charge is 0.375 e. The summed E-state index contributed by atoms with van der Waals surface area (Å²) in [6.07, 6.45) is 0.311. The van der Waals surface area contributed by atoms with E-state index in [0.29, 0.717) is 24.6 Å². The zero-order valence-corrected chi connectivity index (χ0v) is 11.7. The van der Waals surface area contributed by atoms with Crippen molar-refractivity contribution in [2.75, 3.05) is 19.7 Å². The highest BCUT2D eigenvalue weighted by molar-refractivity contribution is 5.17. The van der Waals surface area contributed by atoms with Crippen LogP contribution in [0.25, 0.3) is 0 Å². The van der Waals surface area contributed by atoms with Crippen LogP contribution in [0.5, 0.6) is 0 Å². The molecule has 2 fully saturated rings. The number of piperidine rings is 1. The molecule has 1 spiro atoms. The van der Waals surface area contributed by atoms with E-state index in [2.05, 4.69) is 10.3 Å². The molecular formula is C15H19F3N2O. The first-order valence-electron chi connectivity index (χ1n) is 7.34. The van der Waals surface area contributed by atoms with Crippen LogP contribution in [0, 0.1) is 5.92 Å². The van der Waals surface area contributed by atoms with Crippen molar-refractivity contribution in [1.82, 2.24) is 10.3 Å². The maximum absolute atomic E-state index is 12.5. The first kappa shape index (κ1) is 14.8. The van der Waals surface area contributed by atoms with Gasteiger partial charge in [0.25, 0.3) is 0 Å². The molecule has 21 heavy (non-hydrogen) atoms. The number of halogens is 3. The Kier molecular flexibility index (Phi) is 3.92. The predicted octanol–water partition coefficient (Wildman–Crippen LogP) is 2.80. The zero-order chi connectivity index (χ0) is 14.9. The molecule has 116 valence electrons. The number of aromatic nitrogens is 1. The lowest BCUT2D eigenvalue weighted by atomic mass is 9.85. The van der Waals surface area contributed by atoms with Gasteiger partial charge in [0.2, 0.25) is 0 Å². The summed E-state index contributed by atoms with van der Waals surface area (Å²) in [5.41, 5.74) is 0.00768. The SMILES string of the molecule is FC(F)(F)c1ccc(C[C@@H]2COC3(CCNCC3)C2)nc1. The monoisotopic (exact) mass is 300 g/mol. The zero-order valence-electron chi connectivity index (χ0n) is 11.7. The second-order valence-corrected chi connectivity index (χ2v) is 6.05. The molecule has 0 aliphatic carbocycles. The van der Waals surface area contributed by atoms with Crippen molar-refractivity contribution >= 4 is 0 Å². The summed E-state index contributed by atoms with van der Waals surface area (Å²) in [4.78, 5) is 3.95. The third-order valence-corrected chi connectivity index (χ3v) is 4.45. The Morgan fingerprint density at radius 1 is 1.29 bits per heavy atom. The average Bonchev–Trinajstić information content (AvgIpc) is 2.82. The minimum absolute atomic E-state index is 0.0121. The summed E-state index contributed by atoms with van der Waals surface area (Å²) < 4.78 is 43.5. The summed E-state index contributed by atoms with van der Waals surface area (Å²) in [6.45, 7) is 2.64. The maximum atomic E-state index is 12.5. The topological polar surface area (TPSA) is 34.1 Å². The predicted molar refractivity (Wildman–Crippen MR) is 71.8 cm³/mol. The van der Waals surface area contributed by atoms with E-state index in [1.807, 2.05) is 0 Å². The molecule has 2 aliphatic rings. The second-order valence-electron chi connectivity index (χ2n) is 6.05. The van der Waals surface area contributed by atoms with Gasteiger partial charge < -0.3 is 10.1 Å². The average molecular weight is 300 g/mol. The number of hydrogen-bond acceptors (Lipinski definition) is 3. The van der Waals surface area contributed by atoms with Crippen LogP contribution < -0.4 is 5.32 Å². The van der Waals surface area contributed by atoms with Gasteiger partial charge in [-0.25, -0.2) is 0 Å². The van der Waals surface area contributed by atoms with Crippen LogP contribution in [0.15, 0.2) is 18.3 Å². The number of hydrogen-bond donors (Lipinski definition) is 1. The molecule has 0 amide bonds. The normalized spacial score (nSPS) is 25.4. The van der Waals surface area contributed by atoms with Gasteiger partial charge in [0.05, 0.1) is 17.8 Å². The molecule has 1 atom stereocenters. The molecule has 0 unspecified atom stereocenters. The Hall–Kier alpha value is -1.14. The molecular weight excluding hydrogens is 281 g/mol. The third-order valence-electron chi connectivity index (χ3n) is 4.45. The van der Waals surface area contributed by atoms with E-state index < -0.39 is 11.7 Å². The summed E-state index contributed by atoms with van der Waals surface area (Å²) in [6, 6.07) is 2.59. The Morgan fingerprint density at radius 3 is 2.67 bits per heavy atom. The second kappa shape index (κ2) is 5.57. The van der Waals surface area contributed by atoms with Gasteiger partial charge in [-0.3, -0.25) is 4.98 Å². The number of nitrogens with zero attached hydrogens (tertiary/aromatic N) is 1. The van der Waals surface area contributed by atoms with Gasteiger partial charge in [-0.15, -0.1) is 0 Å². The van der Waals surface area contributed by atoms with Crippen molar-refractivity contribution in [3.8, 4) is 0 Å². The van der Waals surface area contributed by atoms with E-state index in [0.717, 1.165) is 44.6 Å². The Labute approximate surface area is 121 Å². The third kappa shape index (κ3) is 3.37. The van der Waals surface area contributed by atoms with E-state index in [1.54, 1.807) is 0 Å². The molecule has 1 N–H and O–H groups in total. The molecule has 3 heterocycles. The number of rotatable bonds is 2. The van der Waals surface area contributed by atoms with Crippen molar-refractivity contribution in [2.24, 2.45) is 5.92 Å². The van der Waals surface area contributed by atoms with Crippen molar-refractivity contribution in [1.29, 1.82) is 0 Å². The summed E-state index contributed by atoms with van der Waals surface area (Å²) in [5.74, 6) is 0.354. The van der Waals surface area contributed by atoms with Crippen molar-refractivity contribution in [2.45, 2.75) is 37.5 Å². The lowest BCUT2D eigenvalue weighted by molar-refractivity contribution is -0.137. The molecule has 0 aromatic carbocycles. The minimum Gasteiger partial charge on any atom is -0.375 e. The Balaban J connectivity index is 1.60. The molecule has 2 aliphatic heterocycles. The summed E-state index contributed by atoms with van der Waals surface area (Å²) in [5, 5.41) is 3.32. The summed E-state index contributed by atoms with van der Waals surface area (Å²) >= 11 is 0. The van der Waals surface area contributed by atoms with Gasteiger partial charge in [0.15, 0.2) is 0 Å². The molecule has 2 saturated heterocycles. The van der Waals surface area contributed by atoms with Crippen molar-refractivity contribution in [3.63, 3.8) is 0 Å². The van der Waals surface area contributed by atoms with Crippen molar-refractivity contribution in [3.05, 3.63) is 29.6 Å². The molecule has 0 bridgehead atoms. The number of pyridine rings is 1. The van der Waals surface area contributed by atoms with Crippen LogP contribution in [0.4, 0.5) is 13.2 Å². The lowest BCUT2D eigenvalue weighted by Gasteiger charge is -2.33. The molecule has 3 rings (SSSR count). The van der Waals surface area contributed by atoms with Gasteiger partial charge in [0.1, 0.15) is 0 Å². The van der Waals surface area contributed by atoms with Crippen LogP contribution in [0.2, 0.25) is 0 Å². The molecule has 6 heteroatoms. The molecule has 1 aromatic rings. The Morgan fingerprint density at radius 2 is 2.05 bits per heavy atom. The van der Waals surface area contributed by atoms with E-state index >= 15 is 0 Å². The number of nitrogens with one attached hydrogen (secondary N) is 1. The van der Waals surface area contributed by atoms with Crippen LogP contribution in [-0.4, -0.2) is 30.3 Å². The highest BCUT2D eigenvalue weighted by Crippen LogP contribution is 2.38. The van der Waals surface area contributed by atoms with Crippen LogP contribution in [0.1, 0.15) is 30.5 Å². The first-order chi connectivity index (χ1) is 9.97. The van der Waals surface area contributed by atoms with Crippen molar-refractivity contribution < 1.29 is 17.9 Å². The molecule has 3 nitrogen and oxygen atoms in total. The molecule has 0 saturated carbocycles. The van der Waals surface area contributed by atoms with Gasteiger partial charge >= 0.3 is 6.18 Å². The Bertz CT molecular complexity index is 481. The minimum atomic E-state index is -4.32. The van der Waals surface area contributed by atoms with Gasteiger partial charge in [-0.1, -0.05) is 0 Å². The lowest BCUT2D eigenvalue weighted by Crippen LogP contribution is -2.41. The highest BCUT2D eigenvalue weighted by atomic mass is 19.4. The van der Waals surface area contributed by atoms with Crippen LogP contribution >= 0.6 is 0 Å². The van der Waals surface area contributed by atoms with Crippen LogP contribution in [0.3, 0.4) is 0 Å². The van der Waals surface area contributed by atoms with E-state index in [-0.39, 0.29) is 5.60 Å². The van der Waals surface area contributed by atoms with E-state index in [4.69, 9.17) is 4.74 Å². The fraction of sp³-hybridized carbons (Fsp3) is 0.667. The quantitative estimate of drug-likeness (QED) is 0.912. The maximum Gasteiger partial charge on any atom is 0.417 e. The summed E-state index contributed by atoms with van der Waals surface area (Å²) in [7, 11) is 0. The van der Waals surface area contributed by atoms with Gasteiger partial charge in [-0.05, 0) is 56.8 Å². The highest BCUT2D eigenvalue weighted by Gasteiger charge is 2.41. The van der Waals surface area contributed by atoms with Crippen LogP contribution in [-0.2, 0) is 17.3 Å². The number of alkyl halides is 3. The largest absolute Gasteiger partial charge is 0.417 e. The number of ether oxygens (including phenoxy) is 1. The first-order valence-corrected chi connectivity index (χ1v) is 7.34.